The molecule has 0 radical (unpaired) electrons. The largest absolute Gasteiger partial charge is 0.383 e. The Balaban J connectivity index is 1.81. The highest BCUT2D eigenvalue weighted by molar-refractivity contribution is 7.12. The van der Waals surface area contributed by atoms with E-state index in [-0.39, 0.29) is 31.2 Å². The monoisotopic (exact) mass is 476 g/mol. The third kappa shape index (κ3) is 4.70. The maximum Gasteiger partial charge on any atom is 0.330 e. The van der Waals surface area contributed by atoms with Crippen LogP contribution in [0.25, 0.3) is 11.1 Å². The summed E-state index contributed by atoms with van der Waals surface area (Å²) >= 11 is 1.28. The van der Waals surface area contributed by atoms with Gasteiger partial charge in [0.25, 0.3) is 11.5 Å². The molecule has 0 unspecified atom stereocenters. The highest BCUT2D eigenvalue weighted by atomic mass is 32.1. The van der Waals surface area contributed by atoms with Crippen LogP contribution in [0.2, 0.25) is 0 Å². The first kappa shape index (κ1) is 23.2. The fourth-order valence-electron chi connectivity index (χ4n) is 3.70. The van der Waals surface area contributed by atoms with Crippen molar-refractivity contribution in [3.05, 3.63) is 103 Å². The zero-order valence-electron chi connectivity index (χ0n) is 18.6. The van der Waals surface area contributed by atoms with Crippen molar-refractivity contribution < 1.29 is 9.53 Å². The van der Waals surface area contributed by atoms with E-state index >= 15 is 0 Å². The molecule has 0 aliphatic heterocycles. The minimum absolute atomic E-state index is 0.0787. The molecule has 174 valence electrons. The number of anilines is 2. The molecule has 0 saturated carbocycles. The van der Waals surface area contributed by atoms with Crippen molar-refractivity contribution in [3.8, 4) is 11.1 Å². The van der Waals surface area contributed by atoms with Gasteiger partial charge in [0, 0.05) is 19.2 Å². The van der Waals surface area contributed by atoms with Gasteiger partial charge in [-0.15, -0.1) is 11.3 Å². The summed E-state index contributed by atoms with van der Waals surface area (Å²) in [4.78, 5) is 43.3. The van der Waals surface area contributed by atoms with E-state index in [1.807, 2.05) is 72.1 Å². The van der Waals surface area contributed by atoms with Gasteiger partial charge in [0.1, 0.15) is 10.7 Å². The number of hydrogen-bond donors (Lipinski definition) is 2. The van der Waals surface area contributed by atoms with E-state index in [2.05, 4.69) is 4.98 Å². The van der Waals surface area contributed by atoms with Crippen LogP contribution in [0.15, 0.2) is 81.7 Å². The Morgan fingerprint density at radius 2 is 1.74 bits per heavy atom. The first-order valence-corrected chi connectivity index (χ1v) is 11.5. The number of ether oxygens (including phenoxy) is 1. The first-order chi connectivity index (χ1) is 16.5. The van der Waals surface area contributed by atoms with Crippen molar-refractivity contribution in [2.45, 2.75) is 6.54 Å². The Bertz CT molecular complexity index is 1390. The molecule has 0 aliphatic carbocycles. The fourth-order valence-corrected chi connectivity index (χ4v) is 4.57. The molecule has 0 spiro atoms. The molecule has 34 heavy (non-hydrogen) atoms. The minimum Gasteiger partial charge on any atom is -0.383 e. The Kier molecular flexibility index (Phi) is 7.05. The number of carbonyl (C=O) groups is 1. The van der Waals surface area contributed by atoms with Crippen LogP contribution < -0.4 is 21.9 Å². The molecule has 1 amide bonds. The van der Waals surface area contributed by atoms with Gasteiger partial charge in [0.15, 0.2) is 5.69 Å². The molecular weight excluding hydrogens is 452 g/mol. The quantitative estimate of drug-likeness (QED) is 0.406. The molecule has 0 saturated heterocycles. The van der Waals surface area contributed by atoms with Crippen LogP contribution in [0, 0.1) is 0 Å². The summed E-state index contributed by atoms with van der Waals surface area (Å²) in [6.07, 6.45) is 0. The summed E-state index contributed by atoms with van der Waals surface area (Å²) < 4.78 is 6.45. The molecular formula is C25H24N4O4S. The summed E-state index contributed by atoms with van der Waals surface area (Å²) in [5.41, 5.74) is 7.37. The summed E-state index contributed by atoms with van der Waals surface area (Å²) in [7, 11) is 1.51. The number of benzene rings is 2. The number of amides is 1. The van der Waals surface area contributed by atoms with Crippen molar-refractivity contribution in [2.24, 2.45) is 0 Å². The van der Waals surface area contributed by atoms with E-state index in [0.717, 1.165) is 16.7 Å². The number of H-pyrrole nitrogens is 1. The molecule has 0 aliphatic rings. The average Bonchev–Trinajstić information content (AvgIpc) is 3.34. The molecule has 4 rings (SSSR count). The third-order valence-corrected chi connectivity index (χ3v) is 6.28. The highest BCUT2D eigenvalue weighted by Crippen LogP contribution is 2.31. The second-order valence-electron chi connectivity index (χ2n) is 7.54. The molecule has 8 nitrogen and oxygen atoms in total. The minimum atomic E-state index is -0.728. The number of nitrogens with zero attached hydrogens (tertiary/aromatic N) is 2. The summed E-state index contributed by atoms with van der Waals surface area (Å²) in [6.45, 7) is 0.405. The van der Waals surface area contributed by atoms with Crippen molar-refractivity contribution >= 4 is 28.7 Å². The Hall–Kier alpha value is -3.95. The van der Waals surface area contributed by atoms with Gasteiger partial charge in [-0.2, -0.15) is 0 Å². The second kappa shape index (κ2) is 10.3. The van der Waals surface area contributed by atoms with Crippen LogP contribution in [-0.4, -0.2) is 35.7 Å². The maximum absolute atomic E-state index is 13.8. The topological polar surface area (TPSA) is 110 Å². The predicted molar refractivity (Wildman–Crippen MR) is 135 cm³/mol. The van der Waals surface area contributed by atoms with Crippen LogP contribution in [0.4, 0.5) is 11.5 Å². The summed E-state index contributed by atoms with van der Waals surface area (Å²) in [5.74, 6) is -0.479. The van der Waals surface area contributed by atoms with Gasteiger partial charge in [-0.1, -0.05) is 60.7 Å². The fraction of sp³-hybridized carbons (Fsp3) is 0.160. The summed E-state index contributed by atoms with van der Waals surface area (Å²) in [5, 5.41) is 1.83. The van der Waals surface area contributed by atoms with Crippen molar-refractivity contribution in [1.82, 2.24) is 9.55 Å². The number of nitrogen functional groups attached to an aromatic ring is 1. The van der Waals surface area contributed by atoms with Gasteiger partial charge in [0.05, 0.1) is 13.2 Å². The SMILES string of the molecule is COCCN(C(=O)c1sccc1-c1ccccc1)c1c(N)n(Cc2ccccc2)c(=O)[nH]c1=O. The Morgan fingerprint density at radius 3 is 2.41 bits per heavy atom. The summed E-state index contributed by atoms with van der Waals surface area (Å²) in [6, 6.07) is 20.6. The van der Waals surface area contributed by atoms with Crippen LogP contribution in [0.1, 0.15) is 15.2 Å². The molecule has 2 aromatic carbocycles. The van der Waals surface area contributed by atoms with Crippen molar-refractivity contribution in [3.63, 3.8) is 0 Å². The zero-order chi connectivity index (χ0) is 24.1. The van der Waals surface area contributed by atoms with E-state index in [4.69, 9.17) is 10.5 Å². The van der Waals surface area contributed by atoms with Gasteiger partial charge in [0.2, 0.25) is 0 Å². The van der Waals surface area contributed by atoms with E-state index in [1.165, 1.54) is 27.9 Å². The van der Waals surface area contributed by atoms with Crippen LogP contribution >= 0.6 is 11.3 Å². The van der Waals surface area contributed by atoms with Crippen LogP contribution in [-0.2, 0) is 11.3 Å². The smallest absolute Gasteiger partial charge is 0.330 e. The van der Waals surface area contributed by atoms with Gasteiger partial charge >= 0.3 is 5.69 Å². The van der Waals surface area contributed by atoms with Crippen molar-refractivity contribution in [1.29, 1.82) is 0 Å². The van der Waals surface area contributed by atoms with Gasteiger partial charge in [-0.05, 0) is 22.6 Å². The molecule has 0 fully saturated rings. The van der Waals surface area contributed by atoms with Crippen molar-refractivity contribution in [2.75, 3.05) is 30.9 Å². The molecule has 9 heteroatoms. The van der Waals surface area contributed by atoms with E-state index in [9.17, 15) is 14.4 Å². The maximum atomic E-state index is 13.8. The number of methoxy groups -OCH3 is 1. The molecule has 4 aromatic rings. The first-order valence-electron chi connectivity index (χ1n) is 10.6. The molecule has 2 aromatic heterocycles. The lowest BCUT2D eigenvalue weighted by molar-refractivity contribution is 0.0980. The molecule has 2 heterocycles. The lowest BCUT2D eigenvalue weighted by atomic mass is 10.1. The third-order valence-electron chi connectivity index (χ3n) is 5.38. The van der Waals surface area contributed by atoms with E-state index in [1.54, 1.807) is 0 Å². The average molecular weight is 477 g/mol. The lowest BCUT2D eigenvalue weighted by Gasteiger charge is -2.24. The second-order valence-corrected chi connectivity index (χ2v) is 8.46. The van der Waals surface area contributed by atoms with Gasteiger partial charge < -0.3 is 10.5 Å². The number of nitrogens with two attached hydrogens (primary N) is 1. The zero-order valence-corrected chi connectivity index (χ0v) is 19.4. The molecule has 0 atom stereocenters. The molecule has 0 bridgehead atoms. The number of aromatic nitrogens is 2. The lowest BCUT2D eigenvalue weighted by Crippen LogP contribution is -2.42. The Labute approximate surface area is 199 Å². The number of aromatic amines is 1. The van der Waals surface area contributed by atoms with Gasteiger partial charge in [-0.3, -0.25) is 24.0 Å². The number of carbonyl (C=O) groups excluding carboxylic acids is 1. The number of thiophene rings is 1. The van der Waals surface area contributed by atoms with Crippen LogP contribution in [0.5, 0.6) is 0 Å². The normalized spacial score (nSPS) is 10.9. The number of rotatable bonds is 8. The Morgan fingerprint density at radius 1 is 1.06 bits per heavy atom. The highest BCUT2D eigenvalue weighted by Gasteiger charge is 2.27. The van der Waals surface area contributed by atoms with E-state index in [0.29, 0.717) is 4.88 Å². The molecule has 3 N–H and O–H groups in total. The predicted octanol–water partition coefficient (Wildman–Crippen LogP) is 3.19. The number of nitrogens with one attached hydrogen (secondary N) is 1. The van der Waals surface area contributed by atoms with Crippen LogP contribution in [0.3, 0.4) is 0 Å². The number of hydrogen-bond acceptors (Lipinski definition) is 6. The van der Waals surface area contributed by atoms with Gasteiger partial charge in [-0.25, -0.2) is 4.79 Å². The van der Waals surface area contributed by atoms with E-state index < -0.39 is 17.2 Å². The standard InChI is InChI=1S/C25H24N4O4S/c1-33-14-13-28(24(31)21-19(12-15-34-21)18-10-6-3-7-11-18)20-22(26)29(25(32)27-23(20)30)16-17-8-4-2-5-9-17/h2-12,15H,13-14,16,26H2,1H3,(H,27,30,32).